The lowest BCUT2D eigenvalue weighted by molar-refractivity contribution is -0.140. The molecule has 0 bridgehead atoms. The lowest BCUT2D eigenvalue weighted by Gasteiger charge is -2.30. The number of rotatable bonds is 4. The number of hydrogen-bond acceptors (Lipinski definition) is 3. The Labute approximate surface area is 112 Å². The maximum absolute atomic E-state index is 12.6. The number of hydrogen-bond donors (Lipinski definition) is 0. The SMILES string of the molecule is CCOCC1(C(=O)N2CCc3sccc3C2)CC1. The van der Waals surface area contributed by atoms with E-state index in [1.807, 2.05) is 23.2 Å². The van der Waals surface area contributed by atoms with Crippen LogP contribution in [0.1, 0.15) is 30.2 Å². The third-order valence-electron chi connectivity index (χ3n) is 3.98. The van der Waals surface area contributed by atoms with E-state index >= 15 is 0 Å². The van der Waals surface area contributed by atoms with Crippen molar-refractivity contribution < 1.29 is 9.53 Å². The molecule has 2 heterocycles. The van der Waals surface area contributed by atoms with E-state index in [-0.39, 0.29) is 5.41 Å². The molecular weight excluding hydrogens is 246 g/mol. The second-order valence-electron chi connectivity index (χ2n) is 5.26. The average molecular weight is 265 g/mol. The summed E-state index contributed by atoms with van der Waals surface area (Å²) in [4.78, 5) is 16.1. The molecule has 0 atom stereocenters. The van der Waals surface area contributed by atoms with Crippen molar-refractivity contribution in [1.29, 1.82) is 0 Å². The smallest absolute Gasteiger partial charge is 0.231 e. The number of ether oxygens (including phenoxy) is 1. The molecule has 1 aromatic rings. The van der Waals surface area contributed by atoms with Crippen LogP contribution < -0.4 is 0 Å². The number of carbonyl (C=O) groups excluding carboxylic acids is 1. The van der Waals surface area contributed by atoms with E-state index in [1.165, 1.54) is 10.4 Å². The molecule has 1 aromatic heterocycles. The van der Waals surface area contributed by atoms with Crippen molar-refractivity contribution in [2.75, 3.05) is 19.8 Å². The van der Waals surface area contributed by atoms with Crippen LogP contribution in [-0.2, 0) is 22.5 Å². The maximum atomic E-state index is 12.6. The lowest BCUT2D eigenvalue weighted by Crippen LogP contribution is -2.41. The fourth-order valence-corrected chi connectivity index (χ4v) is 3.52. The summed E-state index contributed by atoms with van der Waals surface area (Å²) in [6.45, 7) is 4.96. The zero-order valence-electron chi connectivity index (χ0n) is 10.8. The molecule has 0 N–H and O–H groups in total. The van der Waals surface area contributed by atoms with Crippen molar-refractivity contribution in [3.05, 3.63) is 21.9 Å². The van der Waals surface area contributed by atoms with Gasteiger partial charge in [0.15, 0.2) is 0 Å². The lowest BCUT2D eigenvalue weighted by atomic mass is 10.0. The van der Waals surface area contributed by atoms with Gasteiger partial charge in [-0.1, -0.05) is 0 Å². The Hall–Kier alpha value is -0.870. The first-order chi connectivity index (χ1) is 8.75. The van der Waals surface area contributed by atoms with E-state index in [0.717, 1.165) is 32.4 Å². The normalized spacial score (nSPS) is 20.6. The standard InChI is InChI=1S/C14H19NO2S/c1-2-17-10-14(5-6-14)13(16)15-7-3-12-11(9-15)4-8-18-12/h4,8H,2-3,5-7,9-10H2,1H3. The summed E-state index contributed by atoms with van der Waals surface area (Å²) in [7, 11) is 0. The minimum Gasteiger partial charge on any atom is -0.381 e. The molecule has 1 fully saturated rings. The van der Waals surface area contributed by atoms with Gasteiger partial charge < -0.3 is 9.64 Å². The molecule has 2 aliphatic rings. The Morgan fingerprint density at radius 3 is 3.11 bits per heavy atom. The number of thiophene rings is 1. The van der Waals surface area contributed by atoms with Gasteiger partial charge in [-0.05, 0) is 43.2 Å². The van der Waals surface area contributed by atoms with Gasteiger partial charge in [0.2, 0.25) is 5.91 Å². The third kappa shape index (κ3) is 2.08. The second kappa shape index (κ2) is 4.67. The van der Waals surface area contributed by atoms with Crippen LogP contribution in [-0.4, -0.2) is 30.6 Å². The van der Waals surface area contributed by atoms with Crippen molar-refractivity contribution in [3.8, 4) is 0 Å². The molecule has 98 valence electrons. The minimum atomic E-state index is -0.177. The van der Waals surface area contributed by atoms with E-state index < -0.39 is 0 Å². The van der Waals surface area contributed by atoms with Crippen molar-refractivity contribution in [2.24, 2.45) is 5.41 Å². The quantitative estimate of drug-likeness (QED) is 0.837. The van der Waals surface area contributed by atoms with E-state index in [4.69, 9.17) is 4.74 Å². The first kappa shape index (κ1) is 12.2. The molecule has 18 heavy (non-hydrogen) atoms. The molecule has 1 amide bonds. The Kier molecular flexibility index (Phi) is 3.16. The van der Waals surface area contributed by atoms with Gasteiger partial charge in [0.05, 0.1) is 12.0 Å². The summed E-state index contributed by atoms with van der Waals surface area (Å²) >= 11 is 1.81. The van der Waals surface area contributed by atoms with Crippen LogP contribution in [0.5, 0.6) is 0 Å². The van der Waals surface area contributed by atoms with Crippen LogP contribution in [0.2, 0.25) is 0 Å². The summed E-state index contributed by atoms with van der Waals surface area (Å²) in [6.07, 6.45) is 3.01. The second-order valence-corrected chi connectivity index (χ2v) is 6.26. The largest absolute Gasteiger partial charge is 0.381 e. The fourth-order valence-electron chi connectivity index (χ4n) is 2.63. The number of amides is 1. The first-order valence-corrected chi connectivity index (χ1v) is 7.55. The van der Waals surface area contributed by atoms with Gasteiger partial charge in [0, 0.05) is 24.6 Å². The molecule has 0 saturated heterocycles. The van der Waals surface area contributed by atoms with Gasteiger partial charge in [-0.2, -0.15) is 0 Å². The molecule has 3 rings (SSSR count). The Morgan fingerprint density at radius 2 is 2.39 bits per heavy atom. The van der Waals surface area contributed by atoms with E-state index in [0.29, 0.717) is 19.1 Å². The molecule has 0 spiro atoms. The Balaban J connectivity index is 1.68. The van der Waals surface area contributed by atoms with Crippen molar-refractivity contribution in [3.63, 3.8) is 0 Å². The van der Waals surface area contributed by atoms with Crippen LogP contribution in [0, 0.1) is 5.41 Å². The summed E-state index contributed by atoms with van der Waals surface area (Å²) in [5.74, 6) is 0.313. The summed E-state index contributed by atoms with van der Waals surface area (Å²) < 4.78 is 5.48. The van der Waals surface area contributed by atoms with E-state index in [2.05, 4.69) is 11.4 Å². The average Bonchev–Trinajstić information content (AvgIpc) is 3.04. The molecule has 1 aliphatic carbocycles. The van der Waals surface area contributed by atoms with Crippen LogP contribution in [0.3, 0.4) is 0 Å². The zero-order chi connectivity index (χ0) is 12.6. The number of fused-ring (bicyclic) bond motifs is 1. The van der Waals surface area contributed by atoms with E-state index in [1.54, 1.807) is 0 Å². The van der Waals surface area contributed by atoms with E-state index in [9.17, 15) is 4.79 Å². The van der Waals surface area contributed by atoms with Gasteiger partial charge in [0.25, 0.3) is 0 Å². The summed E-state index contributed by atoms with van der Waals surface area (Å²) in [5, 5.41) is 2.13. The minimum absolute atomic E-state index is 0.177. The van der Waals surface area contributed by atoms with Gasteiger partial charge in [0.1, 0.15) is 0 Å². The predicted molar refractivity (Wildman–Crippen MR) is 71.6 cm³/mol. The zero-order valence-corrected chi connectivity index (χ0v) is 11.6. The first-order valence-electron chi connectivity index (χ1n) is 6.67. The molecule has 1 aliphatic heterocycles. The van der Waals surface area contributed by atoms with Crippen molar-refractivity contribution >= 4 is 17.2 Å². The third-order valence-corrected chi connectivity index (χ3v) is 5.01. The summed E-state index contributed by atoms with van der Waals surface area (Å²) in [6, 6.07) is 2.15. The Bertz CT molecular complexity index is 450. The molecule has 0 radical (unpaired) electrons. The predicted octanol–water partition coefficient (Wildman–Crippen LogP) is 2.45. The van der Waals surface area contributed by atoms with Gasteiger partial charge in [-0.15, -0.1) is 11.3 Å². The highest BCUT2D eigenvalue weighted by molar-refractivity contribution is 7.10. The number of nitrogens with zero attached hydrogens (tertiary/aromatic N) is 1. The van der Waals surface area contributed by atoms with Crippen LogP contribution in [0.15, 0.2) is 11.4 Å². The molecule has 4 heteroatoms. The maximum Gasteiger partial charge on any atom is 0.231 e. The van der Waals surface area contributed by atoms with Crippen LogP contribution >= 0.6 is 11.3 Å². The van der Waals surface area contributed by atoms with Crippen LogP contribution in [0.25, 0.3) is 0 Å². The molecule has 3 nitrogen and oxygen atoms in total. The number of carbonyl (C=O) groups is 1. The molecule has 1 saturated carbocycles. The summed E-state index contributed by atoms with van der Waals surface area (Å²) in [5.41, 5.74) is 1.16. The topological polar surface area (TPSA) is 29.5 Å². The van der Waals surface area contributed by atoms with Crippen molar-refractivity contribution in [1.82, 2.24) is 4.90 Å². The van der Waals surface area contributed by atoms with Crippen molar-refractivity contribution in [2.45, 2.75) is 32.7 Å². The highest BCUT2D eigenvalue weighted by Gasteiger charge is 2.52. The fraction of sp³-hybridized carbons (Fsp3) is 0.643. The van der Waals surface area contributed by atoms with Gasteiger partial charge in [-0.25, -0.2) is 0 Å². The monoisotopic (exact) mass is 265 g/mol. The van der Waals surface area contributed by atoms with Crippen LogP contribution in [0.4, 0.5) is 0 Å². The van der Waals surface area contributed by atoms with Gasteiger partial charge in [-0.3, -0.25) is 4.79 Å². The highest BCUT2D eigenvalue weighted by atomic mass is 32.1. The molecular formula is C14H19NO2S. The highest BCUT2D eigenvalue weighted by Crippen LogP contribution is 2.48. The Morgan fingerprint density at radius 1 is 1.56 bits per heavy atom. The molecule has 0 aromatic carbocycles. The molecule has 0 unspecified atom stereocenters. The van der Waals surface area contributed by atoms with Gasteiger partial charge >= 0.3 is 0 Å².